The monoisotopic (exact) mass is 339 g/mol. The van der Waals surface area contributed by atoms with Gasteiger partial charge in [-0.05, 0) is 35.1 Å². The van der Waals surface area contributed by atoms with Crippen molar-refractivity contribution in [2.75, 3.05) is 18.0 Å². The van der Waals surface area contributed by atoms with E-state index in [0.29, 0.717) is 5.92 Å². The topological polar surface area (TPSA) is 49.0 Å². The highest BCUT2D eigenvalue weighted by atomic mass is 35.5. The van der Waals surface area contributed by atoms with Crippen molar-refractivity contribution in [3.8, 4) is 0 Å². The molecule has 1 N–H and O–H groups in total. The molecule has 2 heterocycles. The summed E-state index contributed by atoms with van der Waals surface area (Å²) < 4.78 is 0. The van der Waals surface area contributed by atoms with Gasteiger partial charge < -0.3 is 4.90 Å². The highest BCUT2D eigenvalue weighted by Gasteiger charge is 2.24. The van der Waals surface area contributed by atoms with Crippen molar-refractivity contribution < 1.29 is 0 Å². The number of fused-ring (bicyclic) bond motifs is 1. The van der Waals surface area contributed by atoms with Crippen molar-refractivity contribution in [3.63, 3.8) is 0 Å². The predicted octanol–water partition coefficient (Wildman–Crippen LogP) is 3.96. The third-order valence-corrected chi connectivity index (χ3v) is 5.24. The molecule has 4 nitrogen and oxygen atoms in total. The van der Waals surface area contributed by atoms with E-state index in [1.54, 1.807) is 6.20 Å². The van der Waals surface area contributed by atoms with Crippen LogP contribution in [-0.2, 0) is 0 Å². The van der Waals surface area contributed by atoms with Crippen molar-refractivity contribution >= 4 is 28.1 Å². The number of aromatic amines is 1. The fraction of sp³-hybridized carbons (Fsp3) is 0.263. The maximum Gasteiger partial charge on any atom is 0.285 e. The molecular formula is C19H18ClN3O. The second-order valence-electron chi connectivity index (χ2n) is 6.23. The zero-order valence-corrected chi connectivity index (χ0v) is 14.0. The van der Waals surface area contributed by atoms with Gasteiger partial charge in [0.2, 0.25) is 0 Å². The Bertz CT molecular complexity index is 924. The largest absolute Gasteiger partial charge is 0.369 e. The number of H-pyrrole nitrogens is 1. The zero-order valence-electron chi connectivity index (χ0n) is 13.2. The number of benzene rings is 2. The number of halogens is 1. The summed E-state index contributed by atoms with van der Waals surface area (Å²) in [6.45, 7) is 1.75. The van der Waals surface area contributed by atoms with Crippen LogP contribution in [0, 0.1) is 0 Å². The van der Waals surface area contributed by atoms with Crippen molar-refractivity contribution in [2.45, 2.75) is 18.8 Å². The number of aromatic nitrogens is 2. The molecule has 2 aromatic carbocycles. The molecule has 1 saturated heterocycles. The molecule has 3 aromatic rings. The summed E-state index contributed by atoms with van der Waals surface area (Å²) in [7, 11) is 0. The lowest BCUT2D eigenvalue weighted by atomic mass is 9.86. The first-order valence-corrected chi connectivity index (χ1v) is 8.57. The summed E-state index contributed by atoms with van der Waals surface area (Å²) in [6.07, 6.45) is 3.72. The van der Waals surface area contributed by atoms with Crippen LogP contribution in [0.2, 0.25) is 5.02 Å². The second-order valence-corrected chi connectivity index (χ2v) is 6.61. The Balaban J connectivity index is 1.58. The lowest BCUT2D eigenvalue weighted by Gasteiger charge is -2.34. The van der Waals surface area contributed by atoms with Gasteiger partial charge in [-0.2, -0.15) is 5.10 Å². The first kappa shape index (κ1) is 15.2. The summed E-state index contributed by atoms with van der Waals surface area (Å²) in [5, 5.41) is 9.11. The normalized spacial score (nSPS) is 15.8. The minimum atomic E-state index is -0.328. The molecule has 1 fully saturated rings. The molecule has 1 aliphatic rings. The summed E-state index contributed by atoms with van der Waals surface area (Å²) in [5.74, 6) is 0.529. The highest BCUT2D eigenvalue weighted by molar-refractivity contribution is 6.33. The van der Waals surface area contributed by atoms with Crippen LogP contribution in [0.3, 0.4) is 0 Å². The molecule has 5 heteroatoms. The summed E-state index contributed by atoms with van der Waals surface area (Å²) >= 11 is 6.13. The number of rotatable bonds is 2. The zero-order chi connectivity index (χ0) is 16.5. The average Bonchev–Trinajstić information content (AvgIpc) is 2.64. The smallest absolute Gasteiger partial charge is 0.285 e. The van der Waals surface area contributed by atoms with E-state index in [-0.39, 0.29) is 10.6 Å². The van der Waals surface area contributed by atoms with Crippen LogP contribution in [0.1, 0.15) is 24.3 Å². The van der Waals surface area contributed by atoms with Crippen LogP contribution in [0.4, 0.5) is 5.69 Å². The Morgan fingerprint density at radius 2 is 1.83 bits per heavy atom. The van der Waals surface area contributed by atoms with Crippen LogP contribution in [-0.4, -0.2) is 23.3 Å². The Hall–Kier alpha value is -2.33. The quantitative estimate of drug-likeness (QED) is 0.768. The standard InChI is InChI=1S/C19H18ClN3O/c20-18-17(12-21-22-19(18)24)23-10-8-14(9-11-23)16-7-3-5-13-4-1-2-6-15(13)16/h1-7,12,14H,8-11H2,(H,22,24). The summed E-state index contributed by atoms with van der Waals surface area (Å²) in [5.41, 5.74) is 1.82. The van der Waals surface area contributed by atoms with E-state index in [1.807, 2.05) is 0 Å². The van der Waals surface area contributed by atoms with Crippen LogP contribution in [0.25, 0.3) is 10.8 Å². The second kappa shape index (κ2) is 6.29. The van der Waals surface area contributed by atoms with Crippen LogP contribution < -0.4 is 10.5 Å². The molecule has 0 bridgehead atoms. The number of anilines is 1. The molecule has 24 heavy (non-hydrogen) atoms. The molecule has 0 aliphatic carbocycles. The van der Waals surface area contributed by atoms with E-state index in [0.717, 1.165) is 31.6 Å². The molecule has 0 atom stereocenters. The van der Waals surface area contributed by atoms with Crippen LogP contribution in [0.15, 0.2) is 53.5 Å². The number of nitrogens with one attached hydrogen (secondary N) is 1. The molecule has 0 amide bonds. The number of piperidine rings is 1. The molecule has 0 radical (unpaired) electrons. The number of nitrogens with zero attached hydrogens (tertiary/aromatic N) is 2. The number of hydrogen-bond donors (Lipinski definition) is 1. The Kier molecular flexibility index (Phi) is 3.98. The first-order chi connectivity index (χ1) is 11.7. The third kappa shape index (κ3) is 2.67. The van der Waals surface area contributed by atoms with Gasteiger partial charge in [0.1, 0.15) is 5.02 Å². The third-order valence-electron chi connectivity index (χ3n) is 4.88. The Morgan fingerprint density at radius 1 is 1.08 bits per heavy atom. The Labute approximate surface area is 145 Å². The Morgan fingerprint density at radius 3 is 2.67 bits per heavy atom. The minimum absolute atomic E-state index is 0.230. The maximum atomic E-state index is 11.6. The van der Waals surface area contributed by atoms with Gasteiger partial charge >= 0.3 is 0 Å². The fourth-order valence-corrected chi connectivity index (χ4v) is 3.84. The number of hydrogen-bond acceptors (Lipinski definition) is 3. The average molecular weight is 340 g/mol. The summed E-state index contributed by atoms with van der Waals surface area (Å²) in [4.78, 5) is 13.8. The van der Waals surface area contributed by atoms with Crippen molar-refractivity contribution in [2.24, 2.45) is 0 Å². The van der Waals surface area contributed by atoms with Crippen molar-refractivity contribution in [3.05, 3.63) is 69.6 Å². The molecule has 122 valence electrons. The predicted molar refractivity (Wildman–Crippen MR) is 98.0 cm³/mol. The van der Waals surface area contributed by atoms with Gasteiger partial charge in [0, 0.05) is 13.1 Å². The lowest BCUT2D eigenvalue weighted by Crippen LogP contribution is -2.34. The van der Waals surface area contributed by atoms with Gasteiger partial charge in [-0.15, -0.1) is 0 Å². The maximum absolute atomic E-state index is 11.6. The van der Waals surface area contributed by atoms with Crippen molar-refractivity contribution in [1.29, 1.82) is 0 Å². The van der Waals surface area contributed by atoms with Gasteiger partial charge in [-0.25, -0.2) is 5.10 Å². The molecule has 0 unspecified atom stereocenters. The minimum Gasteiger partial charge on any atom is -0.369 e. The van der Waals surface area contributed by atoms with Gasteiger partial charge in [0.05, 0.1) is 11.9 Å². The van der Waals surface area contributed by atoms with Gasteiger partial charge in [0.15, 0.2) is 0 Å². The van der Waals surface area contributed by atoms with Crippen LogP contribution >= 0.6 is 11.6 Å². The van der Waals surface area contributed by atoms with Gasteiger partial charge in [0.25, 0.3) is 5.56 Å². The van der Waals surface area contributed by atoms with E-state index >= 15 is 0 Å². The van der Waals surface area contributed by atoms with Gasteiger partial charge in [-0.1, -0.05) is 54.1 Å². The molecule has 4 rings (SSSR count). The van der Waals surface area contributed by atoms with Crippen LogP contribution in [0.5, 0.6) is 0 Å². The first-order valence-electron chi connectivity index (χ1n) is 8.20. The molecule has 1 aliphatic heterocycles. The lowest BCUT2D eigenvalue weighted by molar-refractivity contribution is 0.507. The van der Waals surface area contributed by atoms with E-state index in [9.17, 15) is 4.79 Å². The molecular weight excluding hydrogens is 322 g/mol. The fourth-order valence-electron chi connectivity index (χ4n) is 3.63. The van der Waals surface area contributed by atoms with Gasteiger partial charge in [-0.3, -0.25) is 4.79 Å². The molecule has 1 aromatic heterocycles. The summed E-state index contributed by atoms with van der Waals surface area (Å²) in [6, 6.07) is 15.1. The van der Waals surface area contributed by atoms with E-state index < -0.39 is 0 Å². The highest BCUT2D eigenvalue weighted by Crippen LogP contribution is 2.35. The molecule has 0 spiro atoms. The van der Waals surface area contributed by atoms with E-state index in [2.05, 4.69) is 57.6 Å². The van der Waals surface area contributed by atoms with Crippen molar-refractivity contribution in [1.82, 2.24) is 10.2 Å². The van der Waals surface area contributed by atoms with E-state index in [1.165, 1.54) is 16.3 Å². The van der Waals surface area contributed by atoms with E-state index in [4.69, 9.17) is 11.6 Å². The molecule has 0 saturated carbocycles. The SMILES string of the molecule is O=c1[nH]ncc(N2CCC(c3cccc4ccccc34)CC2)c1Cl.